The van der Waals surface area contributed by atoms with Crippen LogP contribution in [0.4, 0.5) is 0 Å². The van der Waals surface area contributed by atoms with Crippen molar-refractivity contribution in [3.05, 3.63) is 0 Å². The van der Waals surface area contributed by atoms with Crippen LogP contribution in [-0.4, -0.2) is 17.3 Å². The van der Waals surface area contributed by atoms with Gasteiger partial charge in [-0.1, -0.05) is 49.0 Å². The second-order valence-electron chi connectivity index (χ2n) is 5.32. The van der Waals surface area contributed by atoms with Crippen LogP contribution in [0.15, 0.2) is 0 Å². The summed E-state index contributed by atoms with van der Waals surface area (Å²) in [6.07, 6.45) is 6.98. The molecule has 1 fully saturated rings. The summed E-state index contributed by atoms with van der Waals surface area (Å²) in [5, 5.41) is 4.05. The standard InChI is InChI=1S/C13H24BrNO/c1-10(2)8-12(9-14)15-13(16)11-6-4-3-5-7-11/h10-12H,3-9H2,1-2H3,(H,15,16). The molecule has 1 saturated carbocycles. The van der Waals surface area contributed by atoms with Crippen molar-refractivity contribution in [1.82, 2.24) is 5.32 Å². The van der Waals surface area contributed by atoms with E-state index < -0.39 is 0 Å². The van der Waals surface area contributed by atoms with E-state index in [1.807, 2.05) is 0 Å². The maximum absolute atomic E-state index is 12.0. The molecule has 1 rings (SSSR count). The fourth-order valence-electron chi connectivity index (χ4n) is 2.41. The quantitative estimate of drug-likeness (QED) is 0.772. The van der Waals surface area contributed by atoms with Gasteiger partial charge in [-0.15, -0.1) is 0 Å². The Hall–Kier alpha value is -0.0500. The molecule has 0 heterocycles. The van der Waals surface area contributed by atoms with Crippen molar-refractivity contribution in [2.75, 3.05) is 5.33 Å². The molecule has 1 aliphatic rings. The number of halogens is 1. The average Bonchev–Trinajstić information content (AvgIpc) is 2.28. The minimum Gasteiger partial charge on any atom is -0.352 e. The first-order valence-electron chi connectivity index (χ1n) is 6.49. The molecule has 0 bridgehead atoms. The molecule has 0 aromatic carbocycles. The van der Waals surface area contributed by atoms with Gasteiger partial charge in [0.05, 0.1) is 0 Å². The molecule has 1 amide bonds. The van der Waals surface area contributed by atoms with Gasteiger partial charge in [0.2, 0.25) is 5.91 Å². The Bertz CT molecular complexity index is 212. The Labute approximate surface area is 108 Å². The van der Waals surface area contributed by atoms with Crippen LogP contribution in [0.1, 0.15) is 52.4 Å². The van der Waals surface area contributed by atoms with Crippen LogP contribution >= 0.6 is 15.9 Å². The molecule has 1 atom stereocenters. The Morgan fingerprint density at radius 3 is 2.44 bits per heavy atom. The van der Waals surface area contributed by atoms with E-state index in [4.69, 9.17) is 0 Å². The molecule has 0 spiro atoms. The highest BCUT2D eigenvalue weighted by Crippen LogP contribution is 2.24. The van der Waals surface area contributed by atoms with E-state index in [1.165, 1.54) is 19.3 Å². The molecule has 3 heteroatoms. The van der Waals surface area contributed by atoms with Gasteiger partial charge >= 0.3 is 0 Å². The van der Waals surface area contributed by atoms with Crippen LogP contribution < -0.4 is 5.32 Å². The Morgan fingerprint density at radius 1 is 1.31 bits per heavy atom. The first kappa shape index (κ1) is 14.0. The zero-order valence-corrected chi connectivity index (χ0v) is 12.1. The minimum atomic E-state index is 0.280. The van der Waals surface area contributed by atoms with Crippen LogP contribution in [0, 0.1) is 11.8 Å². The van der Waals surface area contributed by atoms with Crippen molar-refractivity contribution >= 4 is 21.8 Å². The molecule has 2 nitrogen and oxygen atoms in total. The van der Waals surface area contributed by atoms with Crippen molar-refractivity contribution in [3.8, 4) is 0 Å². The number of rotatable bonds is 5. The molecule has 0 saturated heterocycles. The van der Waals surface area contributed by atoms with Crippen LogP contribution in [0.5, 0.6) is 0 Å². The topological polar surface area (TPSA) is 29.1 Å². The summed E-state index contributed by atoms with van der Waals surface area (Å²) >= 11 is 3.48. The Kier molecular flexibility index (Phi) is 6.40. The molecule has 0 aromatic heterocycles. The summed E-state index contributed by atoms with van der Waals surface area (Å²) in [6.45, 7) is 4.39. The van der Waals surface area contributed by atoms with Gasteiger partial charge in [0.1, 0.15) is 0 Å². The summed E-state index contributed by atoms with van der Waals surface area (Å²) in [4.78, 5) is 12.0. The first-order chi connectivity index (χ1) is 7.63. The highest BCUT2D eigenvalue weighted by atomic mass is 79.9. The van der Waals surface area contributed by atoms with Gasteiger partial charge in [-0.3, -0.25) is 4.79 Å². The van der Waals surface area contributed by atoms with E-state index in [0.717, 1.165) is 24.6 Å². The van der Waals surface area contributed by atoms with Crippen LogP contribution in [-0.2, 0) is 4.79 Å². The van der Waals surface area contributed by atoms with E-state index in [1.54, 1.807) is 0 Å². The fraction of sp³-hybridized carbons (Fsp3) is 0.923. The van der Waals surface area contributed by atoms with Gasteiger partial charge in [0.15, 0.2) is 0 Å². The van der Waals surface area contributed by atoms with E-state index in [9.17, 15) is 4.79 Å². The molecule has 16 heavy (non-hydrogen) atoms. The number of alkyl halides is 1. The largest absolute Gasteiger partial charge is 0.352 e. The van der Waals surface area contributed by atoms with Crippen molar-refractivity contribution in [2.24, 2.45) is 11.8 Å². The average molecular weight is 290 g/mol. The molecule has 1 aliphatic carbocycles. The lowest BCUT2D eigenvalue weighted by atomic mass is 9.88. The van der Waals surface area contributed by atoms with Gasteiger partial charge in [-0.05, 0) is 25.2 Å². The lowest BCUT2D eigenvalue weighted by Crippen LogP contribution is -2.41. The molecular formula is C13H24BrNO. The third-order valence-electron chi connectivity index (χ3n) is 3.26. The zero-order valence-electron chi connectivity index (χ0n) is 10.5. The van der Waals surface area contributed by atoms with Gasteiger partial charge in [0, 0.05) is 17.3 Å². The van der Waals surface area contributed by atoms with Crippen LogP contribution in [0.3, 0.4) is 0 Å². The highest BCUT2D eigenvalue weighted by Gasteiger charge is 2.23. The summed E-state index contributed by atoms with van der Waals surface area (Å²) in [7, 11) is 0. The summed E-state index contributed by atoms with van der Waals surface area (Å²) < 4.78 is 0. The lowest BCUT2D eigenvalue weighted by molar-refractivity contribution is -0.126. The molecule has 0 radical (unpaired) electrons. The number of carbonyl (C=O) groups is 1. The van der Waals surface area contributed by atoms with E-state index in [2.05, 4.69) is 35.1 Å². The van der Waals surface area contributed by atoms with Gasteiger partial charge in [-0.25, -0.2) is 0 Å². The van der Waals surface area contributed by atoms with Gasteiger partial charge in [0.25, 0.3) is 0 Å². The molecule has 94 valence electrons. The SMILES string of the molecule is CC(C)CC(CBr)NC(=O)C1CCCCC1. The maximum Gasteiger partial charge on any atom is 0.223 e. The summed E-state index contributed by atoms with van der Waals surface area (Å²) in [5.41, 5.74) is 0. The second kappa shape index (κ2) is 7.31. The van der Waals surface area contributed by atoms with Gasteiger partial charge < -0.3 is 5.32 Å². The molecule has 1 unspecified atom stereocenters. The van der Waals surface area contributed by atoms with Crippen molar-refractivity contribution < 1.29 is 4.79 Å². The Balaban J connectivity index is 2.35. The van der Waals surface area contributed by atoms with Gasteiger partial charge in [-0.2, -0.15) is 0 Å². The highest BCUT2D eigenvalue weighted by molar-refractivity contribution is 9.09. The third-order valence-corrected chi connectivity index (χ3v) is 4.05. The monoisotopic (exact) mass is 289 g/mol. The van der Waals surface area contributed by atoms with Crippen LogP contribution in [0.2, 0.25) is 0 Å². The lowest BCUT2D eigenvalue weighted by Gasteiger charge is -2.24. The number of nitrogens with one attached hydrogen (secondary N) is 1. The fourth-order valence-corrected chi connectivity index (χ4v) is 2.84. The van der Waals surface area contributed by atoms with Crippen LogP contribution in [0.25, 0.3) is 0 Å². The summed E-state index contributed by atoms with van der Waals surface area (Å²) in [6, 6.07) is 0.300. The smallest absolute Gasteiger partial charge is 0.223 e. The zero-order chi connectivity index (χ0) is 12.0. The number of carbonyl (C=O) groups excluding carboxylic acids is 1. The second-order valence-corrected chi connectivity index (χ2v) is 5.97. The van der Waals surface area contributed by atoms with E-state index in [-0.39, 0.29) is 11.8 Å². The van der Waals surface area contributed by atoms with E-state index >= 15 is 0 Å². The first-order valence-corrected chi connectivity index (χ1v) is 7.62. The number of hydrogen-bond acceptors (Lipinski definition) is 1. The Morgan fingerprint density at radius 2 is 1.94 bits per heavy atom. The predicted octanol–water partition coefficient (Wildman–Crippen LogP) is 3.49. The van der Waals surface area contributed by atoms with E-state index in [0.29, 0.717) is 12.0 Å². The number of amides is 1. The molecule has 0 aromatic rings. The normalized spacial score (nSPS) is 19.8. The minimum absolute atomic E-state index is 0.280. The van der Waals surface area contributed by atoms with Crippen molar-refractivity contribution in [3.63, 3.8) is 0 Å². The van der Waals surface area contributed by atoms with Crippen molar-refractivity contribution in [1.29, 1.82) is 0 Å². The summed E-state index contributed by atoms with van der Waals surface area (Å²) in [5.74, 6) is 1.20. The molecular weight excluding hydrogens is 266 g/mol. The number of hydrogen-bond donors (Lipinski definition) is 1. The third kappa shape index (κ3) is 4.86. The maximum atomic E-state index is 12.0. The molecule has 1 N–H and O–H groups in total. The van der Waals surface area contributed by atoms with Crippen molar-refractivity contribution in [2.45, 2.75) is 58.4 Å². The predicted molar refractivity (Wildman–Crippen MR) is 71.8 cm³/mol. The molecule has 0 aliphatic heterocycles.